The fraction of sp³-hybridized carbons (Fsp3) is 0.440. The summed E-state index contributed by atoms with van der Waals surface area (Å²) >= 11 is 0. The third kappa shape index (κ3) is 3.99. The molecule has 5 heterocycles. The number of hydrogen-bond acceptors (Lipinski definition) is 6. The van der Waals surface area contributed by atoms with Crippen LogP contribution in [0.3, 0.4) is 0 Å². The van der Waals surface area contributed by atoms with Crippen LogP contribution in [0.1, 0.15) is 47.1 Å². The van der Waals surface area contributed by atoms with Crippen LogP contribution in [0.2, 0.25) is 0 Å². The molecule has 2 aliphatic heterocycles. The molecule has 2 unspecified atom stereocenters. The molecule has 0 aliphatic carbocycles. The van der Waals surface area contributed by atoms with E-state index in [2.05, 4.69) is 36.1 Å². The van der Waals surface area contributed by atoms with Crippen molar-refractivity contribution in [3.05, 3.63) is 63.3 Å². The summed E-state index contributed by atoms with van der Waals surface area (Å²) in [6.07, 6.45) is 4.94. The topological polar surface area (TPSA) is 94.2 Å². The van der Waals surface area contributed by atoms with Gasteiger partial charge < -0.3 is 15.2 Å². The monoisotopic (exact) mass is 446 g/mol. The summed E-state index contributed by atoms with van der Waals surface area (Å²) in [7, 11) is 1.62. The van der Waals surface area contributed by atoms with E-state index in [-0.39, 0.29) is 11.5 Å². The highest BCUT2D eigenvalue weighted by Crippen LogP contribution is 2.36. The Bertz CT molecular complexity index is 1260. The number of aromatic nitrogens is 3. The van der Waals surface area contributed by atoms with Crippen molar-refractivity contribution in [1.82, 2.24) is 25.2 Å². The first-order valence-electron chi connectivity index (χ1n) is 11.7. The Balaban J connectivity index is 1.33. The average molecular weight is 447 g/mol. The number of anilines is 1. The second-order valence-corrected chi connectivity index (χ2v) is 9.12. The molecule has 2 N–H and O–H groups in total. The summed E-state index contributed by atoms with van der Waals surface area (Å²) in [5.41, 5.74) is 5.98. The van der Waals surface area contributed by atoms with E-state index in [0.29, 0.717) is 24.2 Å². The van der Waals surface area contributed by atoms with Crippen molar-refractivity contribution in [1.29, 1.82) is 0 Å². The molecule has 2 atom stereocenters. The molecular formula is C25H30N6O2. The second-order valence-electron chi connectivity index (χ2n) is 9.12. The van der Waals surface area contributed by atoms with E-state index in [0.717, 1.165) is 66.0 Å². The van der Waals surface area contributed by atoms with Gasteiger partial charge in [0.15, 0.2) is 0 Å². The molecule has 2 saturated heterocycles. The number of aryl methyl sites for hydroxylation is 2. The predicted molar refractivity (Wildman–Crippen MR) is 129 cm³/mol. The van der Waals surface area contributed by atoms with Gasteiger partial charge in [-0.1, -0.05) is 6.92 Å². The van der Waals surface area contributed by atoms with Crippen LogP contribution in [0.5, 0.6) is 0 Å². The Morgan fingerprint density at radius 2 is 1.97 bits per heavy atom. The highest BCUT2D eigenvalue weighted by atomic mass is 16.1. The van der Waals surface area contributed by atoms with Crippen molar-refractivity contribution in [3.8, 4) is 0 Å². The van der Waals surface area contributed by atoms with Gasteiger partial charge in [0.1, 0.15) is 5.69 Å². The molecule has 172 valence electrons. The highest BCUT2D eigenvalue weighted by molar-refractivity contribution is 5.92. The van der Waals surface area contributed by atoms with Crippen molar-refractivity contribution in [2.24, 2.45) is 0 Å². The number of aromatic amines is 1. The standard InChI is InChI=1S/C25H30N6O2/c1-4-17-10-21-22(29-24(17)32)9-16(11-27-21)12-30-13-18-5-6-19(14-30)31(18)23-8-7-20(25(33)26-3)28-15(23)2/h7-11,18-19H,4-6,12-14H2,1-3H3,(H,26,33)(H,29,32). The zero-order valence-electron chi connectivity index (χ0n) is 19.4. The number of rotatable bonds is 5. The van der Waals surface area contributed by atoms with Crippen molar-refractivity contribution in [2.45, 2.75) is 51.7 Å². The number of pyridine rings is 3. The highest BCUT2D eigenvalue weighted by Gasteiger charge is 2.40. The number of hydrogen-bond donors (Lipinski definition) is 2. The zero-order chi connectivity index (χ0) is 23.1. The lowest BCUT2D eigenvalue weighted by atomic mass is 10.1. The number of carbonyl (C=O) groups excluding carboxylic acids is 1. The number of likely N-dealkylation sites (tertiary alicyclic amines) is 1. The Labute approximate surface area is 193 Å². The predicted octanol–water partition coefficient (Wildman–Crippen LogP) is 2.40. The molecule has 2 bridgehead atoms. The van der Waals surface area contributed by atoms with Crippen molar-refractivity contribution < 1.29 is 4.79 Å². The summed E-state index contributed by atoms with van der Waals surface area (Å²) in [5, 5.41) is 2.64. The second kappa shape index (κ2) is 8.59. The lowest BCUT2D eigenvalue weighted by Gasteiger charge is -2.43. The summed E-state index contributed by atoms with van der Waals surface area (Å²) in [6, 6.07) is 8.66. The summed E-state index contributed by atoms with van der Waals surface area (Å²) in [6.45, 7) is 6.72. The van der Waals surface area contributed by atoms with Gasteiger partial charge in [0, 0.05) is 50.5 Å². The van der Waals surface area contributed by atoms with Crippen molar-refractivity contribution >= 4 is 22.6 Å². The van der Waals surface area contributed by atoms with Gasteiger partial charge in [0.05, 0.1) is 22.4 Å². The molecule has 8 heteroatoms. The molecule has 2 aliphatic rings. The molecule has 0 saturated carbocycles. The van der Waals surface area contributed by atoms with Crippen LogP contribution < -0.4 is 15.8 Å². The van der Waals surface area contributed by atoms with E-state index in [9.17, 15) is 9.59 Å². The largest absolute Gasteiger partial charge is 0.362 e. The SMILES string of the molecule is CCc1cc2ncc(CN3CC4CCC(C3)N4c3ccc(C(=O)NC)nc3C)cc2[nH]c1=O. The summed E-state index contributed by atoms with van der Waals surface area (Å²) in [4.78, 5) is 41.3. The number of amides is 1. The Kier molecular flexibility index (Phi) is 5.62. The minimum absolute atomic E-state index is 0.0259. The van der Waals surface area contributed by atoms with Gasteiger partial charge in [-0.25, -0.2) is 4.98 Å². The van der Waals surface area contributed by atoms with Crippen LogP contribution in [0, 0.1) is 6.92 Å². The number of nitrogens with zero attached hydrogens (tertiary/aromatic N) is 4. The maximum absolute atomic E-state index is 12.2. The number of H-pyrrole nitrogens is 1. The average Bonchev–Trinajstić information content (AvgIpc) is 3.07. The Hall–Kier alpha value is -3.26. The molecule has 3 aromatic rings. The van der Waals surface area contributed by atoms with Crippen LogP contribution in [-0.2, 0) is 13.0 Å². The Morgan fingerprint density at radius 3 is 2.64 bits per heavy atom. The first-order valence-corrected chi connectivity index (χ1v) is 11.7. The van der Waals surface area contributed by atoms with Crippen molar-refractivity contribution in [3.63, 3.8) is 0 Å². The molecular weight excluding hydrogens is 416 g/mol. The number of carbonyl (C=O) groups is 1. The van der Waals surface area contributed by atoms with Crippen LogP contribution in [0.4, 0.5) is 5.69 Å². The third-order valence-electron chi connectivity index (χ3n) is 6.97. The molecule has 8 nitrogen and oxygen atoms in total. The number of fused-ring (bicyclic) bond motifs is 3. The van der Waals surface area contributed by atoms with Crippen LogP contribution in [-0.4, -0.2) is 58.0 Å². The van der Waals surface area contributed by atoms with E-state index in [1.165, 1.54) is 0 Å². The van der Waals surface area contributed by atoms with E-state index in [1.54, 1.807) is 7.05 Å². The van der Waals surface area contributed by atoms with Crippen molar-refractivity contribution in [2.75, 3.05) is 25.0 Å². The quantitative estimate of drug-likeness (QED) is 0.625. The number of nitrogens with one attached hydrogen (secondary N) is 2. The van der Waals surface area contributed by atoms with E-state index in [1.807, 2.05) is 38.2 Å². The van der Waals surface area contributed by atoms with Gasteiger partial charge in [-0.15, -0.1) is 0 Å². The molecule has 33 heavy (non-hydrogen) atoms. The van der Waals surface area contributed by atoms with Gasteiger partial charge in [-0.3, -0.25) is 19.5 Å². The zero-order valence-corrected chi connectivity index (χ0v) is 19.4. The maximum atomic E-state index is 12.2. The van der Waals surface area contributed by atoms with Gasteiger partial charge in [0.2, 0.25) is 0 Å². The molecule has 1 amide bonds. The van der Waals surface area contributed by atoms with Crippen LogP contribution in [0.25, 0.3) is 11.0 Å². The third-order valence-corrected chi connectivity index (χ3v) is 6.97. The smallest absolute Gasteiger partial charge is 0.269 e. The molecule has 3 aromatic heterocycles. The van der Waals surface area contributed by atoms with E-state index in [4.69, 9.17) is 0 Å². The first-order chi connectivity index (χ1) is 16.0. The molecule has 0 spiro atoms. The minimum Gasteiger partial charge on any atom is -0.362 e. The minimum atomic E-state index is -0.159. The van der Waals surface area contributed by atoms with Gasteiger partial charge in [-0.2, -0.15) is 0 Å². The maximum Gasteiger partial charge on any atom is 0.269 e. The number of piperazine rings is 1. The normalized spacial score (nSPS) is 20.4. The first kappa shape index (κ1) is 21.6. The van der Waals surface area contributed by atoms with Crippen LogP contribution >= 0.6 is 0 Å². The molecule has 5 rings (SSSR count). The van der Waals surface area contributed by atoms with Crippen LogP contribution in [0.15, 0.2) is 35.3 Å². The van der Waals surface area contributed by atoms with E-state index < -0.39 is 0 Å². The fourth-order valence-corrected chi connectivity index (χ4v) is 5.37. The van der Waals surface area contributed by atoms with Gasteiger partial charge in [-0.05, 0) is 56.0 Å². The lowest BCUT2D eigenvalue weighted by molar-refractivity contribution is 0.0958. The fourth-order valence-electron chi connectivity index (χ4n) is 5.37. The molecule has 2 fully saturated rings. The molecule has 0 aromatic carbocycles. The lowest BCUT2D eigenvalue weighted by Crippen LogP contribution is -2.53. The summed E-state index contributed by atoms with van der Waals surface area (Å²) < 4.78 is 0. The van der Waals surface area contributed by atoms with Gasteiger partial charge >= 0.3 is 0 Å². The molecule has 0 radical (unpaired) electrons. The van der Waals surface area contributed by atoms with Gasteiger partial charge in [0.25, 0.3) is 11.5 Å². The summed E-state index contributed by atoms with van der Waals surface area (Å²) in [5.74, 6) is -0.159. The van der Waals surface area contributed by atoms with E-state index >= 15 is 0 Å². The Morgan fingerprint density at radius 1 is 1.21 bits per heavy atom.